The van der Waals surface area contributed by atoms with E-state index in [1.165, 1.54) is 0 Å². The summed E-state index contributed by atoms with van der Waals surface area (Å²) in [6.45, 7) is 1.56. The first-order chi connectivity index (χ1) is 16.1. The molecule has 1 fully saturated rings. The fourth-order valence-corrected chi connectivity index (χ4v) is 3.96. The molecule has 9 nitrogen and oxygen atoms in total. The Morgan fingerprint density at radius 1 is 1.15 bits per heavy atom. The first-order valence-corrected chi connectivity index (χ1v) is 10.7. The molecule has 9 heteroatoms. The van der Waals surface area contributed by atoms with Crippen molar-refractivity contribution in [2.24, 2.45) is 5.92 Å². The van der Waals surface area contributed by atoms with Crippen molar-refractivity contribution in [2.75, 3.05) is 31.8 Å². The Labute approximate surface area is 190 Å². The van der Waals surface area contributed by atoms with Crippen LogP contribution < -0.4 is 24.4 Å². The van der Waals surface area contributed by atoms with E-state index in [1.807, 2.05) is 36.4 Å². The maximum atomic E-state index is 12.7. The van der Waals surface area contributed by atoms with E-state index in [9.17, 15) is 9.59 Å². The molecule has 2 amide bonds. The van der Waals surface area contributed by atoms with E-state index in [0.29, 0.717) is 48.5 Å². The standard InChI is InChI=1S/C24H23N3O6/c1-30-19-4-2-3-18(12-19)27-14-16(10-23(27)28)24(29)25-13-17-11-21(33-26-17)15-5-6-20-22(9-15)32-8-7-31-20/h2-6,9,11-12,16H,7-8,10,13-14H2,1H3,(H,25,29). The first kappa shape index (κ1) is 20.9. The number of fused-ring (bicyclic) bond motifs is 1. The number of rotatable bonds is 6. The minimum atomic E-state index is -0.437. The lowest BCUT2D eigenvalue weighted by molar-refractivity contribution is -0.126. The molecule has 1 aromatic heterocycles. The monoisotopic (exact) mass is 449 g/mol. The summed E-state index contributed by atoms with van der Waals surface area (Å²) in [6, 6.07) is 14.6. The highest BCUT2D eigenvalue weighted by molar-refractivity contribution is 6.00. The smallest absolute Gasteiger partial charge is 0.227 e. The van der Waals surface area contributed by atoms with Gasteiger partial charge in [0.05, 0.1) is 19.6 Å². The summed E-state index contributed by atoms with van der Waals surface area (Å²) < 4.78 is 21.8. The number of hydrogen-bond donors (Lipinski definition) is 1. The molecule has 0 spiro atoms. The molecule has 33 heavy (non-hydrogen) atoms. The topological polar surface area (TPSA) is 103 Å². The molecule has 0 aliphatic carbocycles. The third-order valence-electron chi connectivity index (χ3n) is 5.69. The fourth-order valence-electron chi connectivity index (χ4n) is 3.96. The molecule has 2 aromatic carbocycles. The van der Waals surface area contributed by atoms with Crippen LogP contribution in [0.3, 0.4) is 0 Å². The molecule has 3 aromatic rings. The molecule has 170 valence electrons. The predicted octanol–water partition coefficient (Wildman–Crippen LogP) is 2.79. The van der Waals surface area contributed by atoms with Gasteiger partial charge in [0.2, 0.25) is 11.8 Å². The van der Waals surface area contributed by atoms with Gasteiger partial charge in [-0.15, -0.1) is 0 Å². The molecule has 0 bridgehead atoms. The highest BCUT2D eigenvalue weighted by Crippen LogP contribution is 2.34. The summed E-state index contributed by atoms with van der Waals surface area (Å²) in [6.07, 6.45) is 0.157. The largest absolute Gasteiger partial charge is 0.497 e. The number of nitrogens with one attached hydrogen (secondary N) is 1. The maximum Gasteiger partial charge on any atom is 0.227 e. The number of nitrogens with zero attached hydrogens (tertiary/aromatic N) is 2. The van der Waals surface area contributed by atoms with E-state index in [-0.39, 0.29) is 24.8 Å². The molecule has 2 aliphatic heterocycles. The van der Waals surface area contributed by atoms with Crippen molar-refractivity contribution in [3.8, 4) is 28.6 Å². The molecule has 1 saturated heterocycles. The number of methoxy groups -OCH3 is 1. The Hall–Kier alpha value is -4.01. The van der Waals surface area contributed by atoms with Gasteiger partial charge in [0.25, 0.3) is 0 Å². The average molecular weight is 449 g/mol. The molecule has 5 rings (SSSR count). The van der Waals surface area contributed by atoms with Crippen LogP contribution in [0.2, 0.25) is 0 Å². The quantitative estimate of drug-likeness (QED) is 0.617. The second-order valence-electron chi connectivity index (χ2n) is 7.87. The molecule has 1 N–H and O–H groups in total. The highest BCUT2D eigenvalue weighted by atomic mass is 16.6. The molecule has 1 atom stereocenters. The normalized spacial score (nSPS) is 17.2. The van der Waals surface area contributed by atoms with Gasteiger partial charge in [-0.25, -0.2) is 0 Å². The van der Waals surface area contributed by atoms with E-state index in [0.717, 1.165) is 11.3 Å². The van der Waals surface area contributed by atoms with Crippen LogP contribution in [0, 0.1) is 5.92 Å². The van der Waals surface area contributed by atoms with E-state index in [1.54, 1.807) is 24.1 Å². The first-order valence-electron chi connectivity index (χ1n) is 10.7. The third kappa shape index (κ3) is 4.34. The number of amides is 2. The summed E-state index contributed by atoms with van der Waals surface area (Å²) in [5.41, 5.74) is 2.11. The Bertz CT molecular complexity index is 1190. The molecular weight excluding hydrogens is 426 g/mol. The van der Waals surface area contributed by atoms with E-state index >= 15 is 0 Å². The molecule has 0 radical (unpaired) electrons. The van der Waals surface area contributed by atoms with Gasteiger partial charge in [-0.2, -0.15) is 0 Å². The lowest BCUT2D eigenvalue weighted by Crippen LogP contribution is -2.32. The van der Waals surface area contributed by atoms with E-state index < -0.39 is 5.92 Å². The molecule has 3 heterocycles. The molecule has 1 unspecified atom stereocenters. The van der Waals surface area contributed by atoms with Crippen LogP contribution in [0.4, 0.5) is 5.69 Å². The van der Waals surface area contributed by atoms with Gasteiger partial charge in [-0.1, -0.05) is 11.2 Å². The van der Waals surface area contributed by atoms with Crippen molar-refractivity contribution < 1.29 is 28.3 Å². The number of ether oxygens (including phenoxy) is 3. The number of carbonyl (C=O) groups is 2. The van der Waals surface area contributed by atoms with Crippen LogP contribution in [0.25, 0.3) is 11.3 Å². The summed E-state index contributed by atoms with van der Waals surface area (Å²) in [4.78, 5) is 26.8. The Balaban J connectivity index is 1.20. The van der Waals surface area contributed by atoms with Gasteiger partial charge in [0, 0.05) is 36.3 Å². The highest BCUT2D eigenvalue weighted by Gasteiger charge is 2.35. The van der Waals surface area contributed by atoms with E-state index in [4.69, 9.17) is 18.7 Å². The maximum absolute atomic E-state index is 12.7. The van der Waals surface area contributed by atoms with Gasteiger partial charge in [-0.3, -0.25) is 9.59 Å². The second kappa shape index (κ2) is 8.85. The average Bonchev–Trinajstić information content (AvgIpc) is 3.49. The Kier molecular flexibility index (Phi) is 5.60. The SMILES string of the molecule is COc1cccc(N2CC(C(=O)NCc3cc(-c4ccc5c(c4)OCCO5)on3)CC2=O)c1. The number of benzene rings is 2. The molecule has 0 saturated carbocycles. The van der Waals surface area contributed by atoms with Crippen molar-refractivity contribution in [2.45, 2.75) is 13.0 Å². The van der Waals surface area contributed by atoms with Gasteiger partial charge in [0.15, 0.2) is 17.3 Å². The van der Waals surface area contributed by atoms with Crippen molar-refractivity contribution in [1.82, 2.24) is 10.5 Å². The van der Waals surface area contributed by atoms with Gasteiger partial charge in [-0.05, 0) is 30.3 Å². The summed E-state index contributed by atoms with van der Waals surface area (Å²) in [5, 5.41) is 6.91. The van der Waals surface area contributed by atoms with Gasteiger partial charge >= 0.3 is 0 Å². The zero-order valence-electron chi connectivity index (χ0n) is 18.1. The number of aromatic nitrogens is 1. The Morgan fingerprint density at radius 3 is 2.85 bits per heavy atom. The number of hydrogen-bond acceptors (Lipinski definition) is 7. The lowest BCUT2D eigenvalue weighted by Gasteiger charge is -2.18. The zero-order valence-corrected chi connectivity index (χ0v) is 18.1. The summed E-state index contributed by atoms with van der Waals surface area (Å²) >= 11 is 0. The van der Waals surface area contributed by atoms with Crippen molar-refractivity contribution >= 4 is 17.5 Å². The van der Waals surface area contributed by atoms with Gasteiger partial charge < -0.3 is 29.0 Å². The van der Waals surface area contributed by atoms with Crippen molar-refractivity contribution in [3.63, 3.8) is 0 Å². The second-order valence-corrected chi connectivity index (χ2v) is 7.87. The summed E-state index contributed by atoms with van der Waals surface area (Å²) in [7, 11) is 1.57. The van der Waals surface area contributed by atoms with Crippen molar-refractivity contribution in [3.05, 3.63) is 54.2 Å². The van der Waals surface area contributed by atoms with Crippen LogP contribution in [-0.2, 0) is 16.1 Å². The van der Waals surface area contributed by atoms with Crippen LogP contribution in [0.15, 0.2) is 53.1 Å². The molecule has 2 aliphatic rings. The minimum Gasteiger partial charge on any atom is -0.497 e. The van der Waals surface area contributed by atoms with E-state index in [2.05, 4.69) is 10.5 Å². The summed E-state index contributed by atoms with van der Waals surface area (Å²) in [5.74, 6) is 1.86. The van der Waals surface area contributed by atoms with Crippen LogP contribution >= 0.6 is 0 Å². The Morgan fingerprint density at radius 2 is 2.00 bits per heavy atom. The third-order valence-corrected chi connectivity index (χ3v) is 5.69. The van der Waals surface area contributed by atoms with Crippen LogP contribution in [-0.4, -0.2) is 43.8 Å². The van der Waals surface area contributed by atoms with Crippen molar-refractivity contribution in [1.29, 1.82) is 0 Å². The molecular formula is C24H23N3O6. The van der Waals surface area contributed by atoms with Crippen LogP contribution in [0.5, 0.6) is 17.2 Å². The number of anilines is 1. The zero-order chi connectivity index (χ0) is 22.8. The van der Waals surface area contributed by atoms with Gasteiger partial charge in [0.1, 0.15) is 24.7 Å². The predicted molar refractivity (Wildman–Crippen MR) is 118 cm³/mol. The van der Waals surface area contributed by atoms with Crippen LogP contribution in [0.1, 0.15) is 12.1 Å². The lowest BCUT2D eigenvalue weighted by atomic mass is 10.1. The fraction of sp³-hybridized carbons (Fsp3) is 0.292. The minimum absolute atomic E-state index is 0.0919. The number of carbonyl (C=O) groups excluding carboxylic acids is 2.